The number of nitriles is 1. The van der Waals surface area contributed by atoms with Gasteiger partial charge in [0.15, 0.2) is 0 Å². The first-order chi connectivity index (χ1) is 10.8. The summed E-state index contributed by atoms with van der Waals surface area (Å²) in [4.78, 5) is 11.9. The summed E-state index contributed by atoms with van der Waals surface area (Å²) in [5, 5.41) is 14.8. The number of hydrogen-bond donors (Lipinski definition) is 2. The molecule has 0 saturated heterocycles. The quantitative estimate of drug-likeness (QED) is 0.635. The average molecular weight is 291 g/mol. The van der Waals surface area contributed by atoms with Gasteiger partial charge >= 0.3 is 0 Å². The van der Waals surface area contributed by atoms with Crippen molar-refractivity contribution in [3.05, 3.63) is 78.0 Å². The molecule has 1 amide bonds. The van der Waals surface area contributed by atoms with E-state index < -0.39 is 0 Å². The van der Waals surface area contributed by atoms with E-state index in [1.807, 2.05) is 66.7 Å². The van der Waals surface area contributed by atoms with Gasteiger partial charge in [-0.05, 0) is 24.1 Å². The number of rotatable bonds is 6. The van der Waals surface area contributed by atoms with Crippen LogP contribution in [0.15, 0.2) is 72.4 Å². The highest BCUT2D eigenvalue weighted by Crippen LogP contribution is 2.06. The first-order valence-corrected chi connectivity index (χ1v) is 7.03. The van der Waals surface area contributed by atoms with E-state index >= 15 is 0 Å². The summed E-state index contributed by atoms with van der Waals surface area (Å²) in [6, 6.07) is 21.2. The number of hydrogen-bond acceptors (Lipinski definition) is 3. The number of carbonyl (C=O) groups is 1. The fourth-order valence-corrected chi connectivity index (χ4v) is 1.90. The molecule has 4 heteroatoms. The smallest absolute Gasteiger partial charge is 0.263 e. The number of nitrogens with one attached hydrogen (secondary N) is 2. The maximum atomic E-state index is 11.9. The van der Waals surface area contributed by atoms with Gasteiger partial charge in [0.2, 0.25) is 0 Å². The SMILES string of the molecule is N#C/C(=C/Nc1ccccc1)C(=O)NCCc1ccccc1. The first kappa shape index (κ1) is 15.3. The molecule has 0 aliphatic carbocycles. The lowest BCUT2D eigenvalue weighted by Crippen LogP contribution is -2.27. The van der Waals surface area contributed by atoms with Crippen molar-refractivity contribution < 1.29 is 4.79 Å². The van der Waals surface area contributed by atoms with Crippen LogP contribution in [-0.2, 0) is 11.2 Å². The third kappa shape index (κ3) is 4.80. The Morgan fingerprint density at radius 1 is 1.05 bits per heavy atom. The highest BCUT2D eigenvalue weighted by atomic mass is 16.1. The van der Waals surface area contributed by atoms with E-state index in [1.165, 1.54) is 6.20 Å². The Morgan fingerprint density at radius 2 is 1.68 bits per heavy atom. The van der Waals surface area contributed by atoms with E-state index in [0.29, 0.717) is 6.54 Å². The molecule has 2 rings (SSSR count). The molecule has 0 fully saturated rings. The zero-order valence-corrected chi connectivity index (χ0v) is 12.1. The molecule has 2 aromatic carbocycles. The molecule has 0 atom stereocenters. The molecule has 0 bridgehead atoms. The van der Waals surface area contributed by atoms with E-state index in [2.05, 4.69) is 10.6 Å². The molecule has 0 saturated carbocycles. The Balaban J connectivity index is 1.85. The summed E-state index contributed by atoms with van der Waals surface area (Å²) < 4.78 is 0. The highest BCUT2D eigenvalue weighted by Gasteiger charge is 2.07. The first-order valence-electron chi connectivity index (χ1n) is 7.03. The van der Waals surface area contributed by atoms with Gasteiger partial charge < -0.3 is 10.6 Å². The third-order valence-electron chi connectivity index (χ3n) is 3.06. The van der Waals surface area contributed by atoms with Crippen LogP contribution in [0.4, 0.5) is 5.69 Å². The standard InChI is InChI=1S/C18H17N3O/c19-13-16(14-21-17-9-5-2-6-10-17)18(22)20-12-11-15-7-3-1-4-8-15/h1-10,14,21H,11-12H2,(H,20,22)/b16-14-. The lowest BCUT2D eigenvalue weighted by atomic mass is 10.1. The Kier molecular flexibility index (Phi) is 5.77. The molecular formula is C18H17N3O. The van der Waals surface area contributed by atoms with Crippen LogP contribution in [0.2, 0.25) is 0 Å². The number of para-hydroxylation sites is 1. The van der Waals surface area contributed by atoms with E-state index in [1.54, 1.807) is 0 Å². The average Bonchev–Trinajstić information content (AvgIpc) is 2.57. The van der Waals surface area contributed by atoms with Crippen molar-refractivity contribution >= 4 is 11.6 Å². The van der Waals surface area contributed by atoms with Gasteiger partial charge in [0.1, 0.15) is 11.6 Å². The van der Waals surface area contributed by atoms with Gasteiger partial charge in [0.05, 0.1) is 0 Å². The number of amides is 1. The van der Waals surface area contributed by atoms with Crippen LogP contribution < -0.4 is 10.6 Å². The van der Waals surface area contributed by atoms with Crippen molar-refractivity contribution in [3.8, 4) is 6.07 Å². The Morgan fingerprint density at radius 3 is 2.32 bits per heavy atom. The topological polar surface area (TPSA) is 64.9 Å². The lowest BCUT2D eigenvalue weighted by Gasteiger charge is -2.05. The van der Waals surface area contributed by atoms with Crippen molar-refractivity contribution in [1.29, 1.82) is 5.26 Å². The van der Waals surface area contributed by atoms with Crippen LogP contribution in [0.25, 0.3) is 0 Å². The van der Waals surface area contributed by atoms with Gasteiger partial charge in [-0.1, -0.05) is 48.5 Å². The minimum Gasteiger partial charge on any atom is -0.360 e. The van der Waals surface area contributed by atoms with Crippen molar-refractivity contribution in [2.24, 2.45) is 0 Å². The Bertz CT molecular complexity index is 672. The van der Waals surface area contributed by atoms with Crippen LogP contribution in [0, 0.1) is 11.3 Å². The molecule has 0 aromatic heterocycles. The highest BCUT2D eigenvalue weighted by molar-refractivity contribution is 5.97. The molecule has 22 heavy (non-hydrogen) atoms. The van der Waals surface area contributed by atoms with Gasteiger partial charge in [-0.2, -0.15) is 5.26 Å². The molecule has 0 radical (unpaired) electrons. The van der Waals surface area contributed by atoms with Crippen LogP contribution in [0.1, 0.15) is 5.56 Å². The molecule has 0 aliphatic heterocycles. The minimum absolute atomic E-state index is 0.0527. The van der Waals surface area contributed by atoms with Crippen LogP contribution >= 0.6 is 0 Å². The van der Waals surface area contributed by atoms with Crippen LogP contribution in [-0.4, -0.2) is 12.5 Å². The number of nitrogens with zero attached hydrogens (tertiary/aromatic N) is 1. The van der Waals surface area contributed by atoms with Crippen molar-refractivity contribution in [3.63, 3.8) is 0 Å². The number of benzene rings is 2. The van der Waals surface area contributed by atoms with E-state index in [9.17, 15) is 4.79 Å². The summed E-state index contributed by atoms with van der Waals surface area (Å²) >= 11 is 0. The molecule has 2 aromatic rings. The second-order valence-corrected chi connectivity index (χ2v) is 4.67. The molecule has 0 unspecified atom stereocenters. The van der Waals surface area contributed by atoms with Gasteiger partial charge in [-0.3, -0.25) is 4.79 Å². The summed E-state index contributed by atoms with van der Waals surface area (Å²) in [5.74, 6) is -0.373. The van der Waals surface area contributed by atoms with Gasteiger partial charge in [-0.25, -0.2) is 0 Å². The molecule has 2 N–H and O–H groups in total. The van der Waals surface area contributed by atoms with E-state index in [0.717, 1.165) is 17.7 Å². The molecule has 0 heterocycles. The van der Waals surface area contributed by atoms with Crippen molar-refractivity contribution in [2.75, 3.05) is 11.9 Å². The van der Waals surface area contributed by atoms with Crippen LogP contribution in [0.5, 0.6) is 0 Å². The lowest BCUT2D eigenvalue weighted by molar-refractivity contribution is -0.117. The molecule has 0 aliphatic rings. The van der Waals surface area contributed by atoms with E-state index in [4.69, 9.17) is 5.26 Å². The zero-order chi connectivity index (χ0) is 15.6. The predicted molar refractivity (Wildman–Crippen MR) is 86.9 cm³/mol. The Labute approximate surface area is 130 Å². The maximum Gasteiger partial charge on any atom is 0.263 e. The monoisotopic (exact) mass is 291 g/mol. The molecule has 110 valence electrons. The fourth-order valence-electron chi connectivity index (χ4n) is 1.90. The molecule has 0 spiro atoms. The van der Waals surface area contributed by atoms with Crippen molar-refractivity contribution in [2.45, 2.75) is 6.42 Å². The maximum absolute atomic E-state index is 11.9. The van der Waals surface area contributed by atoms with Gasteiger partial charge in [-0.15, -0.1) is 0 Å². The molecule has 4 nitrogen and oxygen atoms in total. The number of carbonyl (C=O) groups excluding carboxylic acids is 1. The summed E-state index contributed by atoms with van der Waals surface area (Å²) in [7, 11) is 0. The second kappa shape index (κ2) is 8.28. The zero-order valence-electron chi connectivity index (χ0n) is 12.1. The van der Waals surface area contributed by atoms with E-state index in [-0.39, 0.29) is 11.5 Å². The minimum atomic E-state index is -0.373. The second-order valence-electron chi connectivity index (χ2n) is 4.67. The third-order valence-corrected chi connectivity index (χ3v) is 3.06. The largest absolute Gasteiger partial charge is 0.360 e. The fraction of sp³-hybridized carbons (Fsp3) is 0.111. The summed E-state index contributed by atoms with van der Waals surface area (Å²) in [6.07, 6.45) is 2.16. The normalized spacial score (nSPS) is 10.6. The summed E-state index contributed by atoms with van der Waals surface area (Å²) in [5.41, 5.74) is 2.02. The van der Waals surface area contributed by atoms with Crippen molar-refractivity contribution in [1.82, 2.24) is 5.32 Å². The predicted octanol–water partition coefficient (Wildman–Crippen LogP) is 2.86. The van der Waals surface area contributed by atoms with Gasteiger partial charge in [0, 0.05) is 18.4 Å². The molecular weight excluding hydrogens is 274 g/mol. The summed E-state index contributed by atoms with van der Waals surface area (Å²) in [6.45, 7) is 0.493. The number of anilines is 1. The Hall–Kier alpha value is -3.06. The van der Waals surface area contributed by atoms with Gasteiger partial charge in [0.25, 0.3) is 5.91 Å². The van der Waals surface area contributed by atoms with Crippen LogP contribution in [0.3, 0.4) is 0 Å².